The number of carbonyl (C=O) groups is 1. The molecule has 1 heterocycles. The van der Waals surface area contributed by atoms with Crippen LogP contribution in [0.1, 0.15) is 41.7 Å². The number of hydrogen-bond donors (Lipinski definition) is 1. The van der Waals surface area contributed by atoms with Crippen LogP contribution in [0.3, 0.4) is 0 Å². The molecule has 0 spiro atoms. The van der Waals surface area contributed by atoms with Crippen LogP contribution in [-0.4, -0.2) is 46.7 Å². The van der Waals surface area contributed by atoms with Gasteiger partial charge < -0.3 is 15.4 Å². The highest BCUT2D eigenvalue weighted by atomic mass is 35.5. The van der Waals surface area contributed by atoms with Crippen LogP contribution in [0.2, 0.25) is 5.02 Å². The molecular formula is C26H29ClN4O2. The first-order valence-electron chi connectivity index (χ1n) is 11.3. The maximum absolute atomic E-state index is 13.4. The zero-order valence-electron chi connectivity index (χ0n) is 18.6. The van der Waals surface area contributed by atoms with Crippen LogP contribution in [0.5, 0.6) is 5.75 Å². The molecular weight excluding hydrogens is 436 g/mol. The largest absolute Gasteiger partial charge is 0.492 e. The van der Waals surface area contributed by atoms with Gasteiger partial charge in [0.15, 0.2) is 5.69 Å². The van der Waals surface area contributed by atoms with Crippen LogP contribution in [-0.2, 0) is 5.41 Å². The number of halogens is 1. The second-order valence-electron chi connectivity index (χ2n) is 8.49. The van der Waals surface area contributed by atoms with Crippen molar-refractivity contribution in [1.29, 1.82) is 0 Å². The molecule has 2 N–H and O–H groups in total. The first-order valence-corrected chi connectivity index (χ1v) is 11.7. The van der Waals surface area contributed by atoms with E-state index in [1.165, 1.54) is 5.56 Å². The van der Waals surface area contributed by atoms with Gasteiger partial charge in [0.05, 0.1) is 6.54 Å². The molecule has 172 valence electrons. The number of hydrogen-bond acceptors (Lipinski definition) is 5. The van der Waals surface area contributed by atoms with E-state index < -0.39 is 0 Å². The summed E-state index contributed by atoms with van der Waals surface area (Å²) in [5.74, 6) is 0.670. The van der Waals surface area contributed by atoms with Gasteiger partial charge in [0.2, 0.25) is 0 Å². The van der Waals surface area contributed by atoms with Crippen LogP contribution in [0.4, 0.5) is 0 Å². The number of rotatable bonds is 8. The van der Waals surface area contributed by atoms with E-state index in [0.717, 1.165) is 36.5 Å². The average molecular weight is 465 g/mol. The molecule has 0 radical (unpaired) electrons. The molecule has 1 saturated carbocycles. The number of carbonyl (C=O) groups excluding carboxylic acids is 1. The predicted octanol–water partition coefficient (Wildman–Crippen LogP) is 4.49. The van der Waals surface area contributed by atoms with E-state index in [-0.39, 0.29) is 17.4 Å². The Morgan fingerprint density at radius 3 is 2.55 bits per heavy atom. The summed E-state index contributed by atoms with van der Waals surface area (Å²) in [6.07, 6.45) is 5.04. The topological polar surface area (TPSA) is 81.3 Å². The van der Waals surface area contributed by atoms with Gasteiger partial charge in [-0.25, -0.2) is 0 Å². The van der Waals surface area contributed by atoms with E-state index in [2.05, 4.69) is 16.3 Å². The van der Waals surface area contributed by atoms with Crippen molar-refractivity contribution < 1.29 is 9.53 Å². The fourth-order valence-corrected chi connectivity index (χ4v) is 4.88. The molecule has 2 aromatic carbocycles. The summed E-state index contributed by atoms with van der Waals surface area (Å²) in [6.45, 7) is 1.43. The number of nitrogens with zero attached hydrogens (tertiary/aromatic N) is 3. The Morgan fingerprint density at radius 2 is 1.88 bits per heavy atom. The molecule has 0 saturated heterocycles. The summed E-state index contributed by atoms with van der Waals surface area (Å²) in [6, 6.07) is 21.1. The molecule has 3 aromatic rings. The van der Waals surface area contributed by atoms with E-state index in [0.29, 0.717) is 25.4 Å². The van der Waals surface area contributed by atoms with Crippen LogP contribution in [0.25, 0.3) is 0 Å². The quantitative estimate of drug-likeness (QED) is 0.531. The normalized spacial score (nSPS) is 20.2. The maximum atomic E-state index is 13.4. The molecule has 0 atom stereocenters. The van der Waals surface area contributed by atoms with Gasteiger partial charge >= 0.3 is 0 Å². The molecule has 1 aliphatic rings. The second kappa shape index (κ2) is 10.8. The minimum atomic E-state index is -0.122. The van der Waals surface area contributed by atoms with Gasteiger partial charge in [0.1, 0.15) is 12.4 Å². The molecule has 1 fully saturated rings. The van der Waals surface area contributed by atoms with Crippen LogP contribution >= 0.6 is 11.6 Å². The first kappa shape index (κ1) is 23.2. The van der Waals surface area contributed by atoms with Crippen LogP contribution < -0.4 is 10.5 Å². The zero-order valence-corrected chi connectivity index (χ0v) is 19.3. The molecule has 7 heteroatoms. The maximum Gasteiger partial charge on any atom is 0.274 e. The van der Waals surface area contributed by atoms with Crippen molar-refractivity contribution in [2.24, 2.45) is 5.73 Å². The second-order valence-corrected chi connectivity index (χ2v) is 8.93. The molecule has 6 nitrogen and oxygen atoms in total. The Labute approximate surface area is 199 Å². The number of amides is 1. The van der Waals surface area contributed by atoms with Gasteiger partial charge in [0, 0.05) is 29.2 Å². The zero-order chi connectivity index (χ0) is 23.1. The lowest BCUT2D eigenvalue weighted by Gasteiger charge is -2.43. The summed E-state index contributed by atoms with van der Waals surface area (Å²) < 4.78 is 5.89. The number of nitrogens with two attached hydrogens (primary N) is 1. The smallest absolute Gasteiger partial charge is 0.274 e. The Balaban J connectivity index is 1.49. The van der Waals surface area contributed by atoms with Gasteiger partial charge in [-0.1, -0.05) is 41.9 Å². The number of aromatic nitrogens is 2. The third-order valence-corrected chi connectivity index (χ3v) is 6.81. The van der Waals surface area contributed by atoms with Crippen LogP contribution in [0, 0.1) is 0 Å². The van der Waals surface area contributed by atoms with Crippen molar-refractivity contribution in [3.05, 3.63) is 89.2 Å². The lowest BCUT2D eigenvalue weighted by molar-refractivity contribution is 0.0548. The summed E-state index contributed by atoms with van der Waals surface area (Å²) >= 11 is 6.26. The lowest BCUT2D eigenvalue weighted by Crippen LogP contribution is -2.48. The van der Waals surface area contributed by atoms with Gasteiger partial charge in [0.25, 0.3) is 5.91 Å². The number of para-hydroxylation sites is 1. The summed E-state index contributed by atoms with van der Waals surface area (Å²) in [4.78, 5) is 15.3. The highest BCUT2D eigenvalue weighted by Gasteiger charge is 2.39. The highest BCUT2D eigenvalue weighted by molar-refractivity contribution is 6.30. The third kappa shape index (κ3) is 5.52. The average Bonchev–Trinajstić information content (AvgIpc) is 2.88. The van der Waals surface area contributed by atoms with Crippen LogP contribution in [0.15, 0.2) is 72.9 Å². The van der Waals surface area contributed by atoms with Gasteiger partial charge in [-0.15, -0.1) is 5.10 Å². The minimum Gasteiger partial charge on any atom is -0.492 e. The van der Waals surface area contributed by atoms with E-state index in [4.69, 9.17) is 22.1 Å². The van der Waals surface area contributed by atoms with Crippen molar-refractivity contribution in [3.8, 4) is 5.75 Å². The number of benzene rings is 2. The van der Waals surface area contributed by atoms with E-state index >= 15 is 0 Å². The van der Waals surface area contributed by atoms with E-state index in [1.54, 1.807) is 18.3 Å². The monoisotopic (exact) mass is 464 g/mol. The number of ether oxygens (including phenoxy) is 1. The van der Waals surface area contributed by atoms with E-state index in [1.807, 2.05) is 53.4 Å². The standard InChI is InChI=1S/C26H29ClN4O2/c27-21-7-4-6-20(18-21)26(19-28)13-11-22(12-14-26)31(25(32)24-10-5-15-29-30-24)16-17-33-23-8-2-1-3-9-23/h1-10,15,18,22H,11-14,16-17,19,28H2/t22-,26+. The van der Waals surface area contributed by atoms with Crippen molar-refractivity contribution >= 4 is 17.5 Å². The molecule has 0 aliphatic heterocycles. The van der Waals surface area contributed by atoms with Crippen molar-refractivity contribution in [3.63, 3.8) is 0 Å². The first-order chi connectivity index (χ1) is 16.1. The Bertz CT molecular complexity index is 1040. The SMILES string of the molecule is NC[C@]1(c2cccc(Cl)c2)CC[C@@H](N(CCOc2ccccc2)C(=O)c2cccnn2)CC1. The van der Waals surface area contributed by atoms with Crippen molar-refractivity contribution in [2.45, 2.75) is 37.1 Å². The van der Waals surface area contributed by atoms with Crippen molar-refractivity contribution in [2.75, 3.05) is 19.7 Å². The Kier molecular flexibility index (Phi) is 7.57. The molecule has 1 amide bonds. The Morgan fingerprint density at radius 1 is 1.09 bits per heavy atom. The molecule has 33 heavy (non-hydrogen) atoms. The third-order valence-electron chi connectivity index (χ3n) is 6.58. The fourth-order valence-electron chi connectivity index (χ4n) is 4.69. The lowest BCUT2D eigenvalue weighted by atomic mass is 9.68. The molecule has 0 bridgehead atoms. The van der Waals surface area contributed by atoms with Gasteiger partial charge in [-0.3, -0.25) is 4.79 Å². The molecule has 1 aliphatic carbocycles. The fraction of sp³-hybridized carbons (Fsp3) is 0.346. The minimum absolute atomic E-state index is 0.0812. The van der Waals surface area contributed by atoms with E-state index in [9.17, 15) is 4.79 Å². The predicted molar refractivity (Wildman–Crippen MR) is 129 cm³/mol. The van der Waals surface area contributed by atoms with Crippen molar-refractivity contribution in [1.82, 2.24) is 15.1 Å². The Hall–Kier alpha value is -2.96. The van der Waals surface area contributed by atoms with Gasteiger partial charge in [-0.2, -0.15) is 5.10 Å². The highest BCUT2D eigenvalue weighted by Crippen LogP contribution is 2.41. The summed E-state index contributed by atoms with van der Waals surface area (Å²) in [5.41, 5.74) is 7.68. The summed E-state index contributed by atoms with van der Waals surface area (Å²) in [5, 5.41) is 8.66. The molecule has 4 rings (SSSR count). The summed E-state index contributed by atoms with van der Waals surface area (Å²) in [7, 11) is 0. The molecule has 0 unspecified atom stereocenters. The molecule has 1 aromatic heterocycles. The van der Waals surface area contributed by atoms with Gasteiger partial charge in [-0.05, 0) is 67.6 Å².